The molecule has 4 aromatic rings. The topological polar surface area (TPSA) is 64.0 Å². The third kappa shape index (κ3) is 4.80. The van der Waals surface area contributed by atoms with Crippen molar-refractivity contribution >= 4 is 26.7 Å². The molecule has 0 radical (unpaired) electrons. The first-order valence-electron chi connectivity index (χ1n) is 10.6. The second kappa shape index (κ2) is 8.94. The van der Waals surface area contributed by atoms with Crippen LogP contribution in [0.25, 0.3) is 11.0 Å². The highest BCUT2D eigenvalue weighted by Gasteiger charge is 2.14. The van der Waals surface area contributed by atoms with Crippen molar-refractivity contribution in [3.63, 3.8) is 0 Å². The third-order valence-electron chi connectivity index (χ3n) is 5.47. The SMILES string of the molecule is CCCc1ccc(S(=O)(=O)Nc2cccc(CCc3nc4ccccc4n3C)c2)cc1. The molecule has 0 bridgehead atoms. The molecule has 160 valence electrons. The summed E-state index contributed by atoms with van der Waals surface area (Å²) in [4.78, 5) is 5.00. The minimum atomic E-state index is -3.62. The van der Waals surface area contributed by atoms with E-state index < -0.39 is 10.0 Å². The van der Waals surface area contributed by atoms with Crippen molar-refractivity contribution in [1.82, 2.24) is 9.55 Å². The molecule has 0 aliphatic carbocycles. The molecular weight excluding hydrogens is 406 g/mol. The summed E-state index contributed by atoms with van der Waals surface area (Å²) >= 11 is 0. The Bertz CT molecular complexity index is 1290. The smallest absolute Gasteiger partial charge is 0.261 e. The maximum atomic E-state index is 12.8. The monoisotopic (exact) mass is 433 g/mol. The molecule has 0 fully saturated rings. The van der Waals surface area contributed by atoms with Crippen molar-refractivity contribution in [1.29, 1.82) is 0 Å². The van der Waals surface area contributed by atoms with Crippen LogP contribution >= 0.6 is 0 Å². The molecule has 0 aliphatic rings. The lowest BCUT2D eigenvalue weighted by Crippen LogP contribution is -2.13. The largest absolute Gasteiger partial charge is 0.331 e. The van der Waals surface area contributed by atoms with Gasteiger partial charge < -0.3 is 4.57 Å². The van der Waals surface area contributed by atoms with Crippen LogP contribution in [0.2, 0.25) is 0 Å². The molecule has 31 heavy (non-hydrogen) atoms. The molecule has 0 aliphatic heterocycles. The maximum Gasteiger partial charge on any atom is 0.261 e. The van der Waals surface area contributed by atoms with Gasteiger partial charge in [-0.1, -0.05) is 49.7 Å². The Hall–Kier alpha value is -3.12. The highest BCUT2D eigenvalue weighted by molar-refractivity contribution is 7.92. The number of fused-ring (bicyclic) bond motifs is 1. The summed E-state index contributed by atoms with van der Waals surface area (Å²) in [6.07, 6.45) is 3.53. The predicted octanol–water partition coefficient (Wildman–Crippen LogP) is 5.11. The molecule has 1 aromatic heterocycles. The predicted molar refractivity (Wildman–Crippen MR) is 126 cm³/mol. The van der Waals surface area contributed by atoms with E-state index in [0.717, 1.165) is 53.7 Å². The van der Waals surface area contributed by atoms with Crippen LogP contribution in [-0.4, -0.2) is 18.0 Å². The number of hydrogen-bond donors (Lipinski definition) is 1. The Balaban J connectivity index is 1.46. The molecule has 3 aromatic carbocycles. The average molecular weight is 434 g/mol. The van der Waals surface area contributed by atoms with Gasteiger partial charge in [0.2, 0.25) is 0 Å². The van der Waals surface area contributed by atoms with Gasteiger partial charge in [0.1, 0.15) is 5.82 Å². The Morgan fingerprint density at radius 2 is 1.65 bits per heavy atom. The molecule has 0 atom stereocenters. The van der Waals surface area contributed by atoms with Crippen molar-refractivity contribution < 1.29 is 8.42 Å². The molecule has 0 spiro atoms. The molecule has 0 saturated heterocycles. The summed E-state index contributed by atoms with van der Waals surface area (Å²) in [5.74, 6) is 1.01. The lowest BCUT2D eigenvalue weighted by Gasteiger charge is -2.10. The van der Waals surface area contributed by atoms with E-state index in [2.05, 4.69) is 22.3 Å². The minimum absolute atomic E-state index is 0.275. The van der Waals surface area contributed by atoms with E-state index in [4.69, 9.17) is 4.98 Å². The average Bonchev–Trinajstić information content (AvgIpc) is 3.09. The van der Waals surface area contributed by atoms with E-state index in [1.807, 2.05) is 55.6 Å². The van der Waals surface area contributed by atoms with Crippen LogP contribution in [0.15, 0.2) is 77.7 Å². The summed E-state index contributed by atoms with van der Waals surface area (Å²) in [7, 11) is -1.59. The van der Waals surface area contributed by atoms with E-state index in [1.54, 1.807) is 18.2 Å². The number of benzene rings is 3. The van der Waals surface area contributed by atoms with Crippen molar-refractivity contribution in [3.8, 4) is 0 Å². The summed E-state index contributed by atoms with van der Waals surface area (Å²) in [6.45, 7) is 2.11. The van der Waals surface area contributed by atoms with Gasteiger partial charge in [0, 0.05) is 19.2 Å². The molecule has 6 heteroatoms. The number of hydrogen-bond acceptors (Lipinski definition) is 3. The molecule has 0 amide bonds. The van der Waals surface area contributed by atoms with Crippen molar-refractivity contribution in [2.24, 2.45) is 7.05 Å². The highest BCUT2D eigenvalue weighted by atomic mass is 32.2. The van der Waals surface area contributed by atoms with Gasteiger partial charge in [-0.3, -0.25) is 4.72 Å². The third-order valence-corrected chi connectivity index (χ3v) is 6.87. The number of aryl methyl sites for hydroxylation is 4. The molecule has 0 saturated carbocycles. The Morgan fingerprint density at radius 1 is 0.871 bits per heavy atom. The van der Waals surface area contributed by atoms with Crippen molar-refractivity contribution in [2.45, 2.75) is 37.5 Å². The van der Waals surface area contributed by atoms with Crippen molar-refractivity contribution in [3.05, 3.63) is 89.7 Å². The summed E-state index contributed by atoms with van der Waals surface area (Å²) in [5.41, 5.74) is 4.88. The number of nitrogens with one attached hydrogen (secondary N) is 1. The zero-order valence-electron chi connectivity index (χ0n) is 17.9. The van der Waals surface area contributed by atoms with Crippen LogP contribution in [0.5, 0.6) is 0 Å². The number of para-hydroxylation sites is 2. The first kappa shape index (κ1) is 21.1. The van der Waals surface area contributed by atoms with Gasteiger partial charge in [-0.25, -0.2) is 13.4 Å². The molecule has 1 heterocycles. The van der Waals surface area contributed by atoms with Crippen LogP contribution in [-0.2, 0) is 36.3 Å². The zero-order valence-corrected chi connectivity index (χ0v) is 18.7. The second-order valence-electron chi connectivity index (χ2n) is 7.78. The molecule has 4 rings (SSSR count). The first-order chi connectivity index (χ1) is 15.0. The van der Waals surface area contributed by atoms with E-state index >= 15 is 0 Å². The summed E-state index contributed by atoms with van der Waals surface area (Å²) < 4.78 is 30.4. The number of aromatic nitrogens is 2. The Kier molecular flexibility index (Phi) is 6.09. The van der Waals surface area contributed by atoms with Crippen LogP contribution in [0.3, 0.4) is 0 Å². The van der Waals surface area contributed by atoms with E-state index in [1.165, 1.54) is 0 Å². The molecular formula is C25H27N3O2S. The van der Waals surface area contributed by atoms with Gasteiger partial charge in [-0.05, 0) is 60.4 Å². The Morgan fingerprint density at radius 3 is 2.39 bits per heavy atom. The molecule has 0 unspecified atom stereocenters. The number of rotatable bonds is 8. The molecule has 1 N–H and O–H groups in total. The van der Waals surface area contributed by atoms with Crippen molar-refractivity contribution in [2.75, 3.05) is 4.72 Å². The van der Waals surface area contributed by atoms with Crippen LogP contribution < -0.4 is 4.72 Å². The minimum Gasteiger partial charge on any atom is -0.331 e. The number of anilines is 1. The summed E-state index contributed by atoms with van der Waals surface area (Å²) in [5, 5.41) is 0. The first-order valence-corrected chi connectivity index (χ1v) is 12.1. The number of imidazole rings is 1. The van der Waals surface area contributed by atoms with E-state index in [-0.39, 0.29) is 4.90 Å². The lowest BCUT2D eigenvalue weighted by atomic mass is 10.1. The van der Waals surface area contributed by atoms with Crippen LogP contribution in [0, 0.1) is 0 Å². The fraction of sp³-hybridized carbons (Fsp3) is 0.240. The number of nitrogens with zero attached hydrogens (tertiary/aromatic N) is 2. The second-order valence-corrected chi connectivity index (χ2v) is 9.46. The summed E-state index contributed by atoms with van der Waals surface area (Å²) in [6, 6.07) is 22.8. The van der Waals surface area contributed by atoms with Gasteiger partial charge in [-0.2, -0.15) is 0 Å². The molecule has 5 nitrogen and oxygen atoms in total. The van der Waals surface area contributed by atoms with E-state index in [0.29, 0.717) is 5.69 Å². The lowest BCUT2D eigenvalue weighted by molar-refractivity contribution is 0.601. The van der Waals surface area contributed by atoms with Gasteiger partial charge >= 0.3 is 0 Å². The number of sulfonamides is 1. The van der Waals surface area contributed by atoms with E-state index in [9.17, 15) is 8.42 Å². The maximum absolute atomic E-state index is 12.8. The quantitative estimate of drug-likeness (QED) is 0.420. The highest BCUT2D eigenvalue weighted by Crippen LogP contribution is 2.20. The zero-order chi connectivity index (χ0) is 21.8. The van der Waals surface area contributed by atoms with Gasteiger partial charge in [0.15, 0.2) is 0 Å². The van der Waals surface area contributed by atoms with Crippen LogP contribution in [0.1, 0.15) is 30.3 Å². The normalized spacial score (nSPS) is 11.7. The Labute approximate surface area is 183 Å². The standard InChI is InChI=1S/C25H27N3O2S/c1-3-7-19-12-15-22(16-13-19)31(29,30)27-21-9-6-8-20(18-21)14-17-25-26-23-10-4-5-11-24(23)28(25)2/h4-6,8-13,15-16,18,27H,3,7,14,17H2,1-2H3. The van der Waals surface area contributed by atoms with Crippen LogP contribution in [0.4, 0.5) is 5.69 Å². The fourth-order valence-electron chi connectivity index (χ4n) is 3.80. The fourth-order valence-corrected chi connectivity index (χ4v) is 4.85. The van der Waals surface area contributed by atoms with Gasteiger partial charge in [0.05, 0.1) is 15.9 Å². The van der Waals surface area contributed by atoms with Gasteiger partial charge in [0.25, 0.3) is 10.0 Å². The van der Waals surface area contributed by atoms with Gasteiger partial charge in [-0.15, -0.1) is 0 Å².